The molecule has 3 rings (SSSR count). The lowest BCUT2D eigenvalue weighted by atomic mass is 9.95. The molecule has 1 heterocycles. The lowest BCUT2D eigenvalue weighted by Crippen LogP contribution is -2.21. The van der Waals surface area contributed by atoms with E-state index in [9.17, 15) is 14.7 Å². The third-order valence-corrected chi connectivity index (χ3v) is 4.16. The number of aliphatic hydroxyl groups excluding tert-OH is 1. The molecule has 1 saturated heterocycles. The summed E-state index contributed by atoms with van der Waals surface area (Å²) in [6, 6.07) is 13.2. The summed E-state index contributed by atoms with van der Waals surface area (Å²) in [6.45, 7) is 1.92. The number of aliphatic hydroxyl groups is 1. The van der Waals surface area contributed by atoms with Gasteiger partial charge in [-0.2, -0.15) is 0 Å². The van der Waals surface area contributed by atoms with Gasteiger partial charge >= 0.3 is 0 Å². The molecule has 1 aliphatic heterocycles. The van der Waals surface area contributed by atoms with Gasteiger partial charge < -0.3 is 10.4 Å². The molecule has 0 saturated carbocycles. The number of carbonyl (C=O) groups is 2. The Morgan fingerprint density at radius 1 is 1.09 bits per heavy atom. The van der Waals surface area contributed by atoms with E-state index in [0.29, 0.717) is 16.1 Å². The van der Waals surface area contributed by atoms with Crippen LogP contribution in [-0.4, -0.2) is 16.8 Å². The number of benzene rings is 2. The van der Waals surface area contributed by atoms with Gasteiger partial charge in [0.15, 0.2) is 0 Å². The summed E-state index contributed by atoms with van der Waals surface area (Å²) in [4.78, 5) is 24.0. The monoisotopic (exact) mass is 327 g/mol. The van der Waals surface area contributed by atoms with Gasteiger partial charge in [-0.25, -0.2) is 0 Å². The summed E-state index contributed by atoms with van der Waals surface area (Å²) in [6.07, 6.45) is 0. The van der Waals surface area contributed by atoms with E-state index in [1.165, 1.54) is 0 Å². The Hall–Kier alpha value is -2.59. The van der Waals surface area contributed by atoms with Crippen molar-refractivity contribution in [3.8, 4) is 0 Å². The van der Waals surface area contributed by atoms with E-state index >= 15 is 0 Å². The minimum Gasteiger partial charge on any atom is -0.507 e. The zero-order chi connectivity index (χ0) is 16.6. The molecule has 0 bridgehead atoms. The van der Waals surface area contributed by atoms with Crippen molar-refractivity contribution >= 4 is 29.1 Å². The van der Waals surface area contributed by atoms with E-state index in [-0.39, 0.29) is 11.3 Å². The van der Waals surface area contributed by atoms with Crippen LogP contribution < -0.4 is 5.32 Å². The molecular formula is C18H14ClNO3. The molecule has 5 heteroatoms. The third-order valence-electron chi connectivity index (χ3n) is 3.81. The number of amides is 1. The highest BCUT2D eigenvalue weighted by Gasteiger charge is 2.40. The average Bonchev–Trinajstić information content (AvgIpc) is 2.83. The molecule has 1 amide bonds. The van der Waals surface area contributed by atoms with Crippen molar-refractivity contribution in [2.45, 2.75) is 13.0 Å². The first-order valence-electron chi connectivity index (χ1n) is 7.09. The van der Waals surface area contributed by atoms with E-state index < -0.39 is 17.7 Å². The second-order valence-corrected chi connectivity index (χ2v) is 5.79. The molecule has 0 aromatic heterocycles. The Balaban J connectivity index is 2.15. The van der Waals surface area contributed by atoms with E-state index in [2.05, 4.69) is 5.32 Å². The minimum atomic E-state index is -0.759. The highest BCUT2D eigenvalue weighted by atomic mass is 35.5. The molecule has 1 atom stereocenters. The van der Waals surface area contributed by atoms with Gasteiger partial charge in [0.2, 0.25) is 0 Å². The second-order valence-electron chi connectivity index (χ2n) is 5.39. The first kappa shape index (κ1) is 15.3. The number of Topliss-reactive ketones (excluding diaryl/α,β-unsaturated/α-hetero) is 1. The molecule has 2 aromatic carbocycles. The van der Waals surface area contributed by atoms with Crippen LogP contribution >= 0.6 is 11.6 Å². The number of halogens is 1. The number of nitrogens with one attached hydrogen (secondary N) is 1. The van der Waals surface area contributed by atoms with Crippen LogP contribution in [0.2, 0.25) is 5.02 Å². The molecule has 2 aromatic rings. The Morgan fingerprint density at radius 3 is 2.39 bits per heavy atom. The molecule has 4 nitrogen and oxygen atoms in total. The molecule has 0 radical (unpaired) electrons. The number of hydrogen-bond donors (Lipinski definition) is 2. The highest BCUT2D eigenvalue weighted by molar-refractivity contribution is 6.47. The van der Waals surface area contributed by atoms with Crippen LogP contribution in [-0.2, 0) is 9.59 Å². The highest BCUT2D eigenvalue weighted by Crippen LogP contribution is 2.35. The summed E-state index contributed by atoms with van der Waals surface area (Å²) in [7, 11) is 0. The summed E-state index contributed by atoms with van der Waals surface area (Å²) in [5.74, 6) is -1.70. The molecule has 0 aliphatic carbocycles. The normalized spacial score (nSPS) is 19.7. The van der Waals surface area contributed by atoms with Gasteiger partial charge in [-0.3, -0.25) is 9.59 Å². The van der Waals surface area contributed by atoms with Crippen molar-refractivity contribution in [3.05, 3.63) is 75.8 Å². The van der Waals surface area contributed by atoms with Crippen LogP contribution in [0.5, 0.6) is 0 Å². The van der Waals surface area contributed by atoms with Crippen LogP contribution in [0.15, 0.2) is 54.1 Å². The number of rotatable bonds is 2. The SMILES string of the molecule is Cc1ccc(C(O)=C2C(=O)C(=O)NC2c2ccccc2Cl)cc1. The Labute approximate surface area is 138 Å². The fraction of sp³-hybridized carbons (Fsp3) is 0.111. The third kappa shape index (κ3) is 2.73. The van der Waals surface area contributed by atoms with Gasteiger partial charge in [0.1, 0.15) is 5.76 Å². The van der Waals surface area contributed by atoms with Crippen molar-refractivity contribution in [1.29, 1.82) is 0 Å². The van der Waals surface area contributed by atoms with Gasteiger partial charge in [-0.15, -0.1) is 0 Å². The zero-order valence-electron chi connectivity index (χ0n) is 12.3. The van der Waals surface area contributed by atoms with Crippen molar-refractivity contribution in [1.82, 2.24) is 5.32 Å². The van der Waals surface area contributed by atoms with E-state index in [4.69, 9.17) is 11.6 Å². The quantitative estimate of drug-likeness (QED) is 0.505. The number of aryl methyl sites for hydroxylation is 1. The van der Waals surface area contributed by atoms with Crippen LogP contribution in [0.1, 0.15) is 22.7 Å². The zero-order valence-corrected chi connectivity index (χ0v) is 13.1. The fourth-order valence-corrected chi connectivity index (χ4v) is 2.82. The van der Waals surface area contributed by atoms with Gasteiger partial charge in [0.05, 0.1) is 11.6 Å². The first-order valence-corrected chi connectivity index (χ1v) is 7.46. The van der Waals surface area contributed by atoms with Crippen LogP contribution in [0, 0.1) is 6.92 Å². The standard InChI is InChI=1S/C18H14ClNO3/c1-10-6-8-11(9-7-10)16(21)14-15(20-18(23)17(14)22)12-4-2-3-5-13(12)19/h2-9,15,21H,1H3,(H,20,23). The van der Waals surface area contributed by atoms with Crippen molar-refractivity contribution in [3.63, 3.8) is 0 Å². The molecule has 23 heavy (non-hydrogen) atoms. The first-order chi connectivity index (χ1) is 11.0. The molecule has 1 fully saturated rings. The summed E-state index contributed by atoms with van der Waals surface area (Å²) < 4.78 is 0. The molecular weight excluding hydrogens is 314 g/mol. The predicted octanol–water partition coefficient (Wildman–Crippen LogP) is 3.36. The number of ketones is 1. The van der Waals surface area contributed by atoms with Crippen LogP contribution in [0.3, 0.4) is 0 Å². The number of carbonyl (C=O) groups excluding carboxylic acids is 2. The predicted molar refractivity (Wildman–Crippen MR) is 88.1 cm³/mol. The Bertz CT molecular complexity index is 824. The van der Waals surface area contributed by atoms with Gasteiger partial charge in [-0.1, -0.05) is 59.6 Å². The van der Waals surface area contributed by atoms with Crippen molar-refractivity contribution in [2.24, 2.45) is 0 Å². The molecule has 1 unspecified atom stereocenters. The van der Waals surface area contributed by atoms with E-state index in [1.807, 2.05) is 19.1 Å². The van der Waals surface area contributed by atoms with Gasteiger partial charge in [0, 0.05) is 10.6 Å². The van der Waals surface area contributed by atoms with Gasteiger partial charge in [-0.05, 0) is 18.6 Å². The van der Waals surface area contributed by atoms with E-state index in [0.717, 1.165) is 5.56 Å². The second kappa shape index (κ2) is 5.89. The smallest absolute Gasteiger partial charge is 0.293 e. The van der Waals surface area contributed by atoms with Crippen molar-refractivity contribution in [2.75, 3.05) is 0 Å². The molecule has 116 valence electrons. The topological polar surface area (TPSA) is 66.4 Å². The summed E-state index contributed by atoms with van der Waals surface area (Å²) >= 11 is 6.17. The molecule has 1 aliphatic rings. The van der Waals surface area contributed by atoms with Crippen LogP contribution in [0.4, 0.5) is 0 Å². The Morgan fingerprint density at radius 2 is 1.74 bits per heavy atom. The van der Waals surface area contributed by atoms with Crippen LogP contribution in [0.25, 0.3) is 5.76 Å². The minimum absolute atomic E-state index is 0.0203. The maximum absolute atomic E-state index is 12.2. The van der Waals surface area contributed by atoms with Gasteiger partial charge in [0.25, 0.3) is 11.7 Å². The Kier molecular flexibility index (Phi) is 3.92. The summed E-state index contributed by atoms with van der Waals surface area (Å²) in [5.41, 5.74) is 2.10. The summed E-state index contributed by atoms with van der Waals surface area (Å²) in [5, 5.41) is 13.5. The van der Waals surface area contributed by atoms with E-state index in [1.54, 1.807) is 36.4 Å². The lowest BCUT2D eigenvalue weighted by Gasteiger charge is -2.15. The number of hydrogen-bond acceptors (Lipinski definition) is 3. The molecule has 0 spiro atoms. The average molecular weight is 328 g/mol. The lowest BCUT2D eigenvalue weighted by molar-refractivity contribution is -0.133. The maximum atomic E-state index is 12.2. The molecule has 2 N–H and O–H groups in total. The maximum Gasteiger partial charge on any atom is 0.293 e. The largest absolute Gasteiger partial charge is 0.507 e. The fourth-order valence-electron chi connectivity index (χ4n) is 2.58. The van der Waals surface area contributed by atoms with Crippen molar-refractivity contribution < 1.29 is 14.7 Å².